The van der Waals surface area contributed by atoms with Crippen LogP contribution in [0.3, 0.4) is 0 Å². The third kappa shape index (κ3) is 1.01. The number of rotatable bonds is 1. The average Bonchev–Trinajstić information content (AvgIpc) is 2.12. The number of nitrogens with one attached hydrogen (secondary N) is 1. The van der Waals surface area contributed by atoms with E-state index >= 15 is 0 Å². The summed E-state index contributed by atoms with van der Waals surface area (Å²) in [7, 11) is 0. The zero-order valence-electron chi connectivity index (χ0n) is 4.56. The first-order valence-electron chi connectivity index (χ1n) is 2.44. The van der Waals surface area contributed by atoms with Crippen LogP contribution in [-0.4, -0.2) is 9.97 Å². The first kappa shape index (κ1) is 5.63. The lowest BCUT2D eigenvalue weighted by atomic mass is 10.5. The fourth-order valence-corrected chi connectivity index (χ4v) is 0.614. The molecular weight excluding hydrogens is 124 g/mol. The molecular formula is C5H7ClN2. The van der Waals surface area contributed by atoms with Crippen LogP contribution in [0, 0.1) is 0 Å². The van der Waals surface area contributed by atoms with Gasteiger partial charge in [0.15, 0.2) is 0 Å². The molecule has 0 fully saturated rings. The van der Waals surface area contributed by atoms with Crippen LogP contribution in [0.2, 0.25) is 0 Å². The lowest BCUT2D eigenvalue weighted by Gasteiger charge is -1.92. The summed E-state index contributed by atoms with van der Waals surface area (Å²) < 4.78 is 0. The number of H-pyrrole nitrogens is 1. The minimum absolute atomic E-state index is 0.00926. The van der Waals surface area contributed by atoms with Crippen LogP contribution in [0.25, 0.3) is 0 Å². The van der Waals surface area contributed by atoms with Gasteiger partial charge in [-0.15, -0.1) is 11.6 Å². The number of imidazole rings is 1. The molecule has 1 aromatic heterocycles. The maximum atomic E-state index is 5.65. The van der Waals surface area contributed by atoms with Crippen molar-refractivity contribution in [3.05, 3.63) is 18.2 Å². The van der Waals surface area contributed by atoms with Gasteiger partial charge in [0.25, 0.3) is 0 Å². The zero-order chi connectivity index (χ0) is 5.98. The third-order valence-electron chi connectivity index (χ3n) is 0.896. The highest BCUT2D eigenvalue weighted by molar-refractivity contribution is 6.20. The molecule has 1 aromatic rings. The molecule has 3 heteroatoms. The molecule has 0 aliphatic carbocycles. The van der Waals surface area contributed by atoms with Crippen LogP contribution < -0.4 is 0 Å². The molecule has 8 heavy (non-hydrogen) atoms. The molecule has 1 N–H and O–H groups in total. The standard InChI is InChI=1S/C5H7ClN2/c1-4(6)5-7-2-3-8-5/h2-4H,1H3,(H,7,8). The summed E-state index contributed by atoms with van der Waals surface area (Å²) in [6, 6.07) is 0. The highest BCUT2D eigenvalue weighted by atomic mass is 35.5. The van der Waals surface area contributed by atoms with Gasteiger partial charge in [0, 0.05) is 12.4 Å². The summed E-state index contributed by atoms with van der Waals surface area (Å²) in [6.45, 7) is 1.88. The number of aromatic amines is 1. The lowest BCUT2D eigenvalue weighted by molar-refractivity contribution is 0.953. The monoisotopic (exact) mass is 130 g/mol. The van der Waals surface area contributed by atoms with E-state index in [-0.39, 0.29) is 5.38 Å². The fraction of sp³-hybridized carbons (Fsp3) is 0.400. The van der Waals surface area contributed by atoms with E-state index in [2.05, 4.69) is 9.97 Å². The maximum absolute atomic E-state index is 5.65. The van der Waals surface area contributed by atoms with Gasteiger partial charge in [-0.05, 0) is 6.92 Å². The number of hydrogen-bond acceptors (Lipinski definition) is 1. The Hall–Kier alpha value is -0.500. The van der Waals surface area contributed by atoms with Crippen molar-refractivity contribution in [2.24, 2.45) is 0 Å². The number of aromatic nitrogens is 2. The van der Waals surface area contributed by atoms with Gasteiger partial charge in [-0.1, -0.05) is 0 Å². The Morgan fingerprint density at radius 1 is 1.88 bits per heavy atom. The molecule has 0 radical (unpaired) electrons. The Bertz CT molecular complexity index is 145. The Morgan fingerprint density at radius 3 is 2.88 bits per heavy atom. The molecule has 0 spiro atoms. The largest absolute Gasteiger partial charge is 0.347 e. The second kappa shape index (κ2) is 2.18. The minimum Gasteiger partial charge on any atom is -0.347 e. The Morgan fingerprint density at radius 2 is 2.62 bits per heavy atom. The second-order valence-electron chi connectivity index (χ2n) is 1.59. The van der Waals surface area contributed by atoms with Crippen LogP contribution in [0.15, 0.2) is 12.4 Å². The van der Waals surface area contributed by atoms with Gasteiger partial charge in [-0.2, -0.15) is 0 Å². The molecule has 2 nitrogen and oxygen atoms in total. The molecule has 1 atom stereocenters. The van der Waals surface area contributed by atoms with Crippen LogP contribution in [0.4, 0.5) is 0 Å². The Kier molecular flexibility index (Phi) is 1.53. The molecule has 1 unspecified atom stereocenters. The van der Waals surface area contributed by atoms with Crippen molar-refractivity contribution in [1.82, 2.24) is 9.97 Å². The van der Waals surface area contributed by atoms with E-state index in [1.807, 2.05) is 6.92 Å². The van der Waals surface area contributed by atoms with E-state index < -0.39 is 0 Å². The van der Waals surface area contributed by atoms with Gasteiger partial charge in [0.2, 0.25) is 0 Å². The number of halogens is 1. The summed E-state index contributed by atoms with van der Waals surface area (Å²) in [5, 5.41) is -0.00926. The van der Waals surface area contributed by atoms with Crippen LogP contribution in [-0.2, 0) is 0 Å². The van der Waals surface area contributed by atoms with Gasteiger partial charge in [0.1, 0.15) is 5.82 Å². The molecule has 0 aliphatic heterocycles. The number of nitrogens with zero attached hydrogens (tertiary/aromatic N) is 1. The summed E-state index contributed by atoms with van der Waals surface area (Å²) in [4.78, 5) is 6.82. The van der Waals surface area contributed by atoms with Gasteiger partial charge >= 0.3 is 0 Å². The van der Waals surface area contributed by atoms with E-state index in [9.17, 15) is 0 Å². The van der Waals surface area contributed by atoms with E-state index in [4.69, 9.17) is 11.6 Å². The fourth-order valence-electron chi connectivity index (χ4n) is 0.495. The summed E-state index contributed by atoms with van der Waals surface area (Å²) in [5.41, 5.74) is 0. The third-order valence-corrected chi connectivity index (χ3v) is 1.10. The lowest BCUT2D eigenvalue weighted by Crippen LogP contribution is -1.84. The molecule has 0 saturated heterocycles. The molecule has 0 aromatic carbocycles. The normalized spacial score (nSPS) is 13.8. The van der Waals surface area contributed by atoms with Gasteiger partial charge in [0.05, 0.1) is 5.38 Å². The predicted octanol–water partition coefficient (Wildman–Crippen LogP) is 1.71. The molecule has 0 saturated carbocycles. The van der Waals surface area contributed by atoms with E-state index in [0.29, 0.717) is 0 Å². The van der Waals surface area contributed by atoms with E-state index in [0.717, 1.165) is 5.82 Å². The SMILES string of the molecule is CC(Cl)c1ncc[nH]1. The van der Waals surface area contributed by atoms with Crippen molar-refractivity contribution in [2.45, 2.75) is 12.3 Å². The Balaban J connectivity index is 2.77. The number of hydrogen-bond donors (Lipinski definition) is 1. The highest BCUT2D eigenvalue weighted by Crippen LogP contribution is 2.12. The molecule has 1 rings (SSSR count). The minimum atomic E-state index is -0.00926. The first-order chi connectivity index (χ1) is 3.80. The highest BCUT2D eigenvalue weighted by Gasteiger charge is 1.99. The first-order valence-corrected chi connectivity index (χ1v) is 2.87. The Labute approximate surface area is 52.9 Å². The van der Waals surface area contributed by atoms with Gasteiger partial charge in [-0.25, -0.2) is 4.98 Å². The topological polar surface area (TPSA) is 28.7 Å². The van der Waals surface area contributed by atoms with Crippen molar-refractivity contribution in [3.63, 3.8) is 0 Å². The van der Waals surface area contributed by atoms with Gasteiger partial charge in [-0.3, -0.25) is 0 Å². The van der Waals surface area contributed by atoms with Crippen molar-refractivity contribution >= 4 is 11.6 Å². The van der Waals surface area contributed by atoms with Crippen molar-refractivity contribution < 1.29 is 0 Å². The maximum Gasteiger partial charge on any atom is 0.123 e. The molecule has 1 heterocycles. The quantitative estimate of drug-likeness (QED) is 0.576. The van der Waals surface area contributed by atoms with Crippen molar-refractivity contribution in [3.8, 4) is 0 Å². The molecule has 44 valence electrons. The molecule has 0 amide bonds. The summed E-state index contributed by atoms with van der Waals surface area (Å²) in [5.74, 6) is 0.826. The van der Waals surface area contributed by atoms with Crippen LogP contribution in [0.1, 0.15) is 18.1 Å². The van der Waals surface area contributed by atoms with Crippen molar-refractivity contribution in [2.75, 3.05) is 0 Å². The smallest absolute Gasteiger partial charge is 0.123 e. The average molecular weight is 131 g/mol. The van der Waals surface area contributed by atoms with Gasteiger partial charge < -0.3 is 4.98 Å². The van der Waals surface area contributed by atoms with E-state index in [1.165, 1.54) is 0 Å². The molecule has 0 aliphatic rings. The number of alkyl halides is 1. The van der Waals surface area contributed by atoms with Crippen molar-refractivity contribution in [1.29, 1.82) is 0 Å². The van der Waals surface area contributed by atoms with Crippen LogP contribution in [0.5, 0.6) is 0 Å². The van der Waals surface area contributed by atoms with E-state index in [1.54, 1.807) is 12.4 Å². The zero-order valence-corrected chi connectivity index (χ0v) is 5.31. The van der Waals surface area contributed by atoms with Crippen LogP contribution >= 0.6 is 11.6 Å². The predicted molar refractivity (Wildman–Crippen MR) is 32.9 cm³/mol. The second-order valence-corrected chi connectivity index (χ2v) is 2.25. The summed E-state index contributed by atoms with van der Waals surface area (Å²) in [6.07, 6.45) is 3.45. The summed E-state index contributed by atoms with van der Waals surface area (Å²) >= 11 is 5.65. The molecule has 0 bridgehead atoms.